The number of carbonyl (C=O) groups is 1. The van der Waals surface area contributed by atoms with Crippen LogP contribution in [0.25, 0.3) is 0 Å². The molecule has 1 aromatic carbocycles. The van der Waals surface area contributed by atoms with Crippen LogP contribution in [0.1, 0.15) is 38.3 Å². The Morgan fingerprint density at radius 2 is 2.05 bits per heavy atom. The lowest BCUT2D eigenvalue weighted by molar-refractivity contribution is -0.132. The fourth-order valence-electron chi connectivity index (χ4n) is 1.95. The molecule has 0 aliphatic heterocycles. The van der Waals surface area contributed by atoms with E-state index < -0.39 is 0 Å². The molecule has 1 aromatic rings. The zero-order valence-electron chi connectivity index (χ0n) is 12.2. The van der Waals surface area contributed by atoms with Crippen LogP contribution in [0.5, 0.6) is 5.75 Å². The van der Waals surface area contributed by atoms with E-state index in [-0.39, 0.29) is 18.0 Å². The van der Waals surface area contributed by atoms with E-state index in [1.54, 1.807) is 12.0 Å². The first kappa shape index (κ1) is 15.5. The second-order valence-corrected chi connectivity index (χ2v) is 4.80. The van der Waals surface area contributed by atoms with E-state index in [9.17, 15) is 4.79 Å². The molecule has 0 aromatic heterocycles. The van der Waals surface area contributed by atoms with Gasteiger partial charge in [0, 0.05) is 25.1 Å². The van der Waals surface area contributed by atoms with Crippen LogP contribution in [0.3, 0.4) is 0 Å². The van der Waals surface area contributed by atoms with E-state index in [1.807, 2.05) is 45.2 Å². The van der Waals surface area contributed by atoms with E-state index in [4.69, 9.17) is 10.5 Å². The molecule has 1 amide bonds. The number of methoxy groups -OCH3 is 1. The summed E-state index contributed by atoms with van der Waals surface area (Å²) in [5, 5.41) is 0. The Kier molecular flexibility index (Phi) is 5.83. The van der Waals surface area contributed by atoms with Gasteiger partial charge in [0.15, 0.2) is 0 Å². The molecular formula is C15H24N2O2. The lowest BCUT2D eigenvalue weighted by Gasteiger charge is -2.27. The topological polar surface area (TPSA) is 55.6 Å². The summed E-state index contributed by atoms with van der Waals surface area (Å²) >= 11 is 0. The summed E-state index contributed by atoms with van der Waals surface area (Å²) in [6.45, 7) is 3.98. The molecule has 2 unspecified atom stereocenters. The standard InChI is InChI=1S/C15H24N2O2/c1-5-12(16)10-15(18)17(3)11(2)13-8-6-7-9-14(13)19-4/h6-9,11-12H,5,10,16H2,1-4H3. The molecule has 0 bridgehead atoms. The molecule has 0 spiro atoms. The first-order valence-corrected chi connectivity index (χ1v) is 6.65. The van der Waals surface area contributed by atoms with Crippen LogP contribution in [0, 0.1) is 0 Å². The summed E-state index contributed by atoms with van der Waals surface area (Å²) in [5.74, 6) is 0.863. The van der Waals surface area contributed by atoms with E-state index >= 15 is 0 Å². The van der Waals surface area contributed by atoms with Gasteiger partial charge in [0.2, 0.25) is 5.91 Å². The monoisotopic (exact) mass is 264 g/mol. The minimum atomic E-state index is -0.0696. The summed E-state index contributed by atoms with van der Waals surface area (Å²) < 4.78 is 5.34. The second kappa shape index (κ2) is 7.14. The maximum atomic E-state index is 12.1. The van der Waals surface area contributed by atoms with Gasteiger partial charge in [0.25, 0.3) is 0 Å². The Morgan fingerprint density at radius 3 is 2.63 bits per heavy atom. The molecule has 1 rings (SSSR count). The first-order valence-electron chi connectivity index (χ1n) is 6.65. The predicted molar refractivity (Wildman–Crippen MR) is 77.1 cm³/mol. The fourth-order valence-corrected chi connectivity index (χ4v) is 1.95. The number of rotatable bonds is 6. The molecule has 4 heteroatoms. The van der Waals surface area contributed by atoms with Crippen molar-refractivity contribution in [3.05, 3.63) is 29.8 Å². The number of carbonyl (C=O) groups excluding carboxylic acids is 1. The third-order valence-corrected chi connectivity index (χ3v) is 3.52. The summed E-state index contributed by atoms with van der Waals surface area (Å²) in [4.78, 5) is 13.9. The third kappa shape index (κ3) is 3.96. The lowest BCUT2D eigenvalue weighted by atomic mass is 10.0. The lowest BCUT2D eigenvalue weighted by Crippen LogP contribution is -2.34. The molecule has 2 atom stereocenters. The number of ether oxygens (including phenoxy) is 1. The zero-order valence-corrected chi connectivity index (χ0v) is 12.2. The highest BCUT2D eigenvalue weighted by Crippen LogP contribution is 2.28. The molecule has 0 radical (unpaired) electrons. The highest BCUT2D eigenvalue weighted by atomic mass is 16.5. The molecular weight excluding hydrogens is 240 g/mol. The largest absolute Gasteiger partial charge is 0.496 e. The highest BCUT2D eigenvalue weighted by Gasteiger charge is 2.21. The van der Waals surface area contributed by atoms with Gasteiger partial charge in [-0.1, -0.05) is 25.1 Å². The third-order valence-electron chi connectivity index (χ3n) is 3.52. The quantitative estimate of drug-likeness (QED) is 0.858. The predicted octanol–water partition coefficient (Wildman–Crippen LogP) is 2.34. The Labute approximate surface area is 115 Å². The Morgan fingerprint density at radius 1 is 1.42 bits per heavy atom. The summed E-state index contributed by atoms with van der Waals surface area (Å²) in [6.07, 6.45) is 1.19. The van der Waals surface area contributed by atoms with Crippen molar-refractivity contribution in [2.24, 2.45) is 5.73 Å². The molecule has 0 heterocycles. The second-order valence-electron chi connectivity index (χ2n) is 4.80. The molecule has 19 heavy (non-hydrogen) atoms. The summed E-state index contributed by atoms with van der Waals surface area (Å²) in [5.41, 5.74) is 6.84. The van der Waals surface area contributed by atoms with Crippen LogP contribution >= 0.6 is 0 Å². The van der Waals surface area contributed by atoms with Crippen molar-refractivity contribution in [3.63, 3.8) is 0 Å². The fraction of sp³-hybridized carbons (Fsp3) is 0.533. The molecule has 0 aliphatic carbocycles. The van der Waals surface area contributed by atoms with Crippen LogP contribution in [-0.4, -0.2) is 31.0 Å². The molecule has 0 saturated heterocycles. The number of benzene rings is 1. The minimum absolute atomic E-state index is 0.0345. The summed E-state index contributed by atoms with van der Waals surface area (Å²) in [6, 6.07) is 7.65. The SMILES string of the molecule is CCC(N)CC(=O)N(C)C(C)c1ccccc1OC. The molecule has 0 aliphatic rings. The average Bonchev–Trinajstić information content (AvgIpc) is 2.45. The van der Waals surface area contributed by atoms with Gasteiger partial charge in [0.1, 0.15) is 5.75 Å². The maximum Gasteiger partial charge on any atom is 0.224 e. The van der Waals surface area contributed by atoms with E-state index in [1.165, 1.54) is 0 Å². The van der Waals surface area contributed by atoms with Crippen LogP contribution < -0.4 is 10.5 Å². The van der Waals surface area contributed by atoms with Crippen molar-refractivity contribution in [1.82, 2.24) is 4.90 Å². The van der Waals surface area contributed by atoms with E-state index in [0.29, 0.717) is 6.42 Å². The van der Waals surface area contributed by atoms with Crippen LogP contribution in [0.4, 0.5) is 0 Å². The molecule has 4 nitrogen and oxygen atoms in total. The summed E-state index contributed by atoms with van der Waals surface area (Å²) in [7, 11) is 3.45. The van der Waals surface area contributed by atoms with Crippen LogP contribution in [-0.2, 0) is 4.79 Å². The number of amides is 1. The van der Waals surface area contributed by atoms with Crippen molar-refractivity contribution in [3.8, 4) is 5.75 Å². The average molecular weight is 264 g/mol. The van der Waals surface area contributed by atoms with Gasteiger partial charge in [-0.25, -0.2) is 0 Å². The minimum Gasteiger partial charge on any atom is -0.496 e. The van der Waals surface area contributed by atoms with Crippen molar-refractivity contribution in [2.75, 3.05) is 14.2 Å². The normalized spacial score (nSPS) is 13.7. The highest BCUT2D eigenvalue weighted by molar-refractivity contribution is 5.77. The Hall–Kier alpha value is -1.55. The van der Waals surface area contributed by atoms with Gasteiger partial charge in [-0.2, -0.15) is 0 Å². The number of para-hydroxylation sites is 1. The molecule has 106 valence electrons. The van der Waals surface area contributed by atoms with Crippen molar-refractivity contribution < 1.29 is 9.53 Å². The van der Waals surface area contributed by atoms with E-state index in [0.717, 1.165) is 17.7 Å². The molecule has 2 N–H and O–H groups in total. The van der Waals surface area contributed by atoms with Crippen molar-refractivity contribution in [2.45, 2.75) is 38.8 Å². The van der Waals surface area contributed by atoms with Crippen LogP contribution in [0.15, 0.2) is 24.3 Å². The van der Waals surface area contributed by atoms with Gasteiger partial charge in [-0.05, 0) is 19.4 Å². The Balaban J connectivity index is 2.81. The van der Waals surface area contributed by atoms with Crippen molar-refractivity contribution in [1.29, 1.82) is 0 Å². The number of nitrogens with two attached hydrogens (primary N) is 1. The van der Waals surface area contributed by atoms with Gasteiger partial charge < -0.3 is 15.4 Å². The number of nitrogens with zero attached hydrogens (tertiary/aromatic N) is 1. The number of hydrogen-bond acceptors (Lipinski definition) is 3. The van der Waals surface area contributed by atoms with Gasteiger partial charge in [-0.15, -0.1) is 0 Å². The van der Waals surface area contributed by atoms with Gasteiger partial charge in [-0.3, -0.25) is 4.79 Å². The van der Waals surface area contributed by atoms with Gasteiger partial charge in [0.05, 0.1) is 13.2 Å². The van der Waals surface area contributed by atoms with Gasteiger partial charge >= 0.3 is 0 Å². The maximum absolute atomic E-state index is 12.1. The molecule has 0 saturated carbocycles. The van der Waals surface area contributed by atoms with Crippen molar-refractivity contribution >= 4 is 5.91 Å². The smallest absolute Gasteiger partial charge is 0.224 e. The molecule has 0 fully saturated rings. The van der Waals surface area contributed by atoms with E-state index in [2.05, 4.69) is 0 Å². The Bertz CT molecular complexity index is 420. The first-order chi connectivity index (χ1) is 9.01. The zero-order chi connectivity index (χ0) is 14.4. The number of hydrogen-bond donors (Lipinski definition) is 1. The van der Waals surface area contributed by atoms with Crippen LogP contribution in [0.2, 0.25) is 0 Å².